The topological polar surface area (TPSA) is 145 Å². The van der Waals surface area contributed by atoms with Gasteiger partial charge in [-0.3, -0.25) is 14.5 Å². The number of benzene rings is 1. The molecule has 1 saturated heterocycles. The molecule has 0 radical (unpaired) electrons. The maximum atomic E-state index is 13.5. The monoisotopic (exact) mass is 546 g/mol. The number of nitrogens with two attached hydrogens (primary N) is 2. The molecule has 10 nitrogen and oxygen atoms in total. The van der Waals surface area contributed by atoms with E-state index in [9.17, 15) is 9.59 Å². The molecule has 0 atom stereocenters. The Bertz CT molecular complexity index is 1380. The number of pyridine rings is 2. The van der Waals surface area contributed by atoms with Crippen LogP contribution in [-0.2, 0) is 13.1 Å². The first-order valence-electron chi connectivity index (χ1n) is 13.9. The van der Waals surface area contributed by atoms with Gasteiger partial charge in [0.05, 0.1) is 0 Å². The average molecular weight is 547 g/mol. The number of amides is 1. The minimum atomic E-state index is -0.284. The van der Waals surface area contributed by atoms with Crippen molar-refractivity contribution in [2.24, 2.45) is 11.5 Å². The van der Waals surface area contributed by atoms with Gasteiger partial charge in [0.1, 0.15) is 5.82 Å². The molecule has 40 heavy (non-hydrogen) atoms. The molecule has 2 aromatic heterocycles. The van der Waals surface area contributed by atoms with Gasteiger partial charge in [-0.1, -0.05) is 0 Å². The summed E-state index contributed by atoms with van der Waals surface area (Å²) in [5, 5.41) is 6.39. The summed E-state index contributed by atoms with van der Waals surface area (Å²) < 4.78 is 0. The third-order valence-electron chi connectivity index (χ3n) is 7.29. The zero-order valence-corrected chi connectivity index (χ0v) is 24.0. The smallest absolute Gasteiger partial charge is 0.253 e. The minimum absolute atomic E-state index is 0.121. The summed E-state index contributed by atoms with van der Waals surface area (Å²) >= 11 is 0. The second kappa shape index (κ2) is 13.1. The van der Waals surface area contributed by atoms with E-state index in [2.05, 4.69) is 25.4 Å². The number of H-pyrrole nitrogens is 1. The zero-order valence-electron chi connectivity index (χ0n) is 24.0. The van der Waals surface area contributed by atoms with Gasteiger partial charge >= 0.3 is 0 Å². The first-order chi connectivity index (χ1) is 19.2. The number of nitrogens with one attached hydrogen (secondary N) is 3. The fourth-order valence-corrected chi connectivity index (χ4v) is 5.19. The fraction of sp³-hybridized carbons (Fsp3) is 0.433. The molecule has 1 amide bonds. The lowest BCUT2D eigenvalue weighted by Gasteiger charge is -2.35. The van der Waals surface area contributed by atoms with Crippen molar-refractivity contribution in [3.8, 4) is 11.1 Å². The maximum Gasteiger partial charge on any atom is 0.253 e. The van der Waals surface area contributed by atoms with E-state index in [0.29, 0.717) is 17.7 Å². The van der Waals surface area contributed by atoms with Crippen LogP contribution in [0.25, 0.3) is 11.1 Å². The summed E-state index contributed by atoms with van der Waals surface area (Å²) in [4.78, 5) is 38.2. The van der Waals surface area contributed by atoms with Gasteiger partial charge in [0, 0.05) is 98.2 Å². The molecule has 0 spiro atoms. The lowest BCUT2D eigenvalue weighted by molar-refractivity contribution is 0.0950. The molecule has 1 aliphatic heterocycles. The van der Waals surface area contributed by atoms with Crippen molar-refractivity contribution in [1.82, 2.24) is 20.2 Å². The van der Waals surface area contributed by atoms with Crippen LogP contribution in [0.15, 0.2) is 41.3 Å². The van der Waals surface area contributed by atoms with E-state index >= 15 is 0 Å². The van der Waals surface area contributed by atoms with E-state index in [0.717, 1.165) is 72.2 Å². The Morgan fingerprint density at radius 3 is 2.40 bits per heavy atom. The van der Waals surface area contributed by atoms with Crippen LogP contribution >= 0.6 is 0 Å². The van der Waals surface area contributed by atoms with E-state index in [1.165, 1.54) is 0 Å². The van der Waals surface area contributed by atoms with Crippen LogP contribution in [0.2, 0.25) is 0 Å². The number of piperazine rings is 1. The normalized spacial score (nSPS) is 14.0. The van der Waals surface area contributed by atoms with E-state index in [4.69, 9.17) is 16.5 Å². The number of hydrogen-bond donors (Lipinski definition) is 5. The Morgan fingerprint density at radius 1 is 1.05 bits per heavy atom. The molecule has 1 aliphatic rings. The van der Waals surface area contributed by atoms with Gasteiger partial charge in [-0.05, 0) is 69.2 Å². The molecule has 1 aromatic carbocycles. The molecule has 0 bridgehead atoms. The van der Waals surface area contributed by atoms with E-state index in [1.807, 2.05) is 64.2 Å². The van der Waals surface area contributed by atoms with Crippen molar-refractivity contribution in [2.45, 2.75) is 46.8 Å². The van der Waals surface area contributed by atoms with Crippen molar-refractivity contribution >= 4 is 17.4 Å². The number of carbonyl (C=O) groups excluding carboxylic acids is 1. The highest BCUT2D eigenvalue weighted by Crippen LogP contribution is 2.30. The van der Waals surface area contributed by atoms with Crippen molar-refractivity contribution in [3.05, 3.63) is 74.8 Å². The molecule has 7 N–H and O–H groups in total. The summed E-state index contributed by atoms with van der Waals surface area (Å²) in [6.45, 7) is 13.5. The number of carbonyl (C=O) groups is 1. The van der Waals surface area contributed by atoms with Crippen molar-refractivity contribution in [2.75, 3.05) is 49.5 Å². The average Bonchev–Trinajstić information content (AvgIpc) is 2.92. The number of nitrogens with zero attached hydrogens (tertiary/aromatic N) is 3. The number of aryl methyl sites for hydroxylation is 2. The third kappa shape index (κ3) is 6.88. The van der Waals surface area contributed by atoms with Gasteiger partial charge in [0.15, 0.2) is 0 Å². The Hall–Kier alpha value is -3.73. The first-order valence-corrected chi connectivity index (χ1v) is 13.9. The quantitative estimate of drug-likeness (QED) is 0.261. The molecule has 3 heterocycles. The van der Waals surface area contributed by atoms with Crippen molar-refractivity contribution < 1.29 is 4.79 Å². The van der Waals surface area contributed by atoms with Gasteiger partial charge < -0.3 is 32.0 Å². The predicted octanol–water partition coefficient (Wildman–Crippen LogP) is 2.34. The molecule has 10 heteroatoms. The van der Waals surface area contributed by atoms with Gasteiger partial charge in [-0.25, -0.2) is 4.98 Å². The molecule has 0 saturated carbocycles. The predicted molar refractivity (Wildman–Crippen MR) is 162 cm³/mol. The second-order valence-corrected chi connectivity index (χ2v) is 10.7. The molecule has 214 valence electrons. The summed E-state index contributed by atoms with van der Waals surface area (Å²) in [5.74, 6) is 0.653. The van der Waals surface area contributed by atoms with Crippen LogP contribution in [0.1, 0.15) is 46.6 Å². The molecule has 4 rings (SSSR count). The number of aromatic nitrogens is 2. The van der Waals surface area contributed by atoms with E-state index in [1.54, 1.807) is 0 Å². The standard InChI is InChI=1S/C30H42N8O2/c1-19(2)35-27-15-23(22-5-6-28(33-17-22)38-11-9-37(8-7-31)10-12-38)14-24(25(27)16-32)29(39)34-18-26-20(3)13-21(4)36-30(26)40/h5-6,13-15,17,19,35H,7-12,16,18,31-32H2,1-4H3,(H,34,39)(H,36,40). The van der Waals surface area contributed by atoms with Crippen LogP contribution in [0.3, 0.4) is 0 Å². The Morgan fingerprint density at radius 2 is 1.80 bits per heavy atom. The van der Waals surface area contributed by atoms with Crippen LogP contribution in [0.4, 0.5) is 11.5 Å². The van der Waals surface area contributed by atoms with Crippen molar-refractivity contribution in [3.63, 3.8) is 0 Å². The van der Waals surface area contributed by atoms with Crippen LogP contribution in [0.5, 0.6) is 0 Å². The van der Waals surface area contributed by atoms with E-state index in [-0.39, 0.29) is 30.6 Å². The maximum absolute atomic E-state index is 13.5. The Kier molecular flexibility index (Phi) is 9.57. The fourth-order valence-electron chi connectivity index (χ4n) is 5.19. The van der Waals surface area contributed by atoms with Gasteiger partial charge in [-0.15, -0.1) is 0 Å². The summed E-state index contributed by atoms with van der Waals surface area (Å²) in [7, 11) is 0. The van der Waals surface area contributed by atoms with Crippen molar-refractivity contribution in [1.29, 1.82) is 0 Å². The van der Waals surface area contributed by atoms with Gasteiger partial charge in [-0.2, -0.15) is 0 Å². The van der Waals surface area contributed by atoms with Gasteiger partial charge in [0.2, 0.25) is 0 Å². The summed E-state index contributed by atoms with van der Waals surface area (Å²) in [6, 6.07) is 10.0. The third-order valence-corrected chi connectivity index (χ3v) is 7.29. The number of rotatable bonds is 10. The number of aromatic amines is 1. The molecule has 0 aliphatic carbocycles. The van der Waals surface area contributed by atoms with Crippen LogP contribution in [-0.4, -0.2) is 66.1 Å². The second-order valence-electron chi connectivity index (χ2n) is 10.7. The lowest BCUT2D eigenvalue weighted by atomic mass is 9.96. The Balaban J connectivity index is 1.60. The first kappa shape index (κ1) is 29.3. The molecule has 1 fully saturated rings. The molecule has 0 unspecified atom stereocenters. The van der Waals surface area contributed by atoms with Crippen LogP contribution < -0.4 is 32.6 Å². The Labute approximate surface area is 236 Å². The highest BCUT2D eigenvalue weighted by molar-refractivity contribution is 5.99. The number of hydrogen-bond acceptors (Lipinski definition) is 8. The molecular formula is C30H42N8O2. The highest BCUT2D eigenvalue weighted by atomic mass is 16.1. The highest BCUT2D eigenvalue weighted by Gasteiger charge is 2.20. The van der Waals surface area contributed by atoms with Crippen LogP contribution in [0, 0.1) is 13.8 Å². The largest absolute Gasteiger partial charge is 0.383 e. The minimum Gasteiger partial charge on any atom is -0.383 e. The SMILES string of the molecule is Cc1cc(C)c(CNC(=O)c2cc(-c3ccc(N4CCN(CCN)CC4)nc3)cc(NC(C)C)c2CN)c(=O)[nH]1. The number of anilines is 2. The summed E-state index contributed by atoms with van der Waals surface area (Å²) in [5.41, 5.74) is 17.6. The zero-order chi connectivity index (χ0) is 28.8. The van der Waals surface area contributed by atoms with Gasteiger partial charge in [0.25, 0.3) is 11.5 Å². The summed E-state index contributed by atoms with van der Waals surface area (Å²) in [6.07, 6.45) is 1.86. The molecule has 3 aromatic rings. The van der Waals surface area contributed by atoms with E-state index < -0.39 is 0 Å². The molecular weight excluding hydrogens is 504 g/mol. The lowest BCUT2D eigenvalue weighted by Crippen LogP contribution is -2.48.